The Bertz CT molecular complexity index is 478. The molecule has 5 heteroatoms. The molecule has 0 saturated carbocycles. The number of unbranched alkanes of at least 4 members (excludes halogenated alkanes) is 2. The third-order valence-corrected chi connectivity index (χ3v) is 4.29. The lowest BCUT2D eigenvalue weighted by molar-refractivity contribution is 0.159. The van der Waals surface area contributed by atoms with Crippen LogP contribution in [0.5, 0.6) is 5.75 Å². The fraction of sp³-hybridized carbons (Fsp3) is 0.556. The number of hydrogen-bond donors (Lipinski definition) is 1. The molecular weight excluding hydrogens is 315 g/mol. The van der Waals surface area contributed by atoms with Gasteiger partial charge in [0.15, 0.2) is 0 Å². The minimum Gasteiger partial charge on any atom is -0.497 e. The number of rotatable bonds is 8. The summed E-state index contributed by atoms with van der Waals surface area (Å²) in [6.07, 6.45) is 6.13. The third kappa shape index (κ3) is 5.79. The maximum absolute atomic E-state index is 14.4. The number of allylic oxidation sites excluding steroid dienone is 1. The van der Waals surface area contributed by atoms with Crippen LogP contribution in [-0.4, -0.2) is 38.2 Å². The third-order valence-electron chi connectivity index (χ3n) is 4.29. The van der Waals surface area contributed by atoms with Crippen molar-refractivity contribution < 1.29 is 9.13 Å². The van der Waals surface area contributed by atoms with Crippen LogP contribution in [0.3, 0.4) is 0 Å². The molecule has 1 atom stereocenters. The van der Waals surface area contributed by atoms with Gasteiger partial charge in [-0.25, -0.2) is 4.39 Å². The van der Waals surface area contributed by atoms with Crippen LogP contribution in [0.25, 0.3) is 0 Å². The highest BCUT2D eigenvalue weighted by atomic mass is 35.5. The normalized spacial score (nSPS) is 16.4. The van der Waals surface area contributed by atoms with E-state index in [-0.39, 0.29) is 24.3 Å². The number of nitrogens with zero attached hydrogens (tertiary/aromatic N) is 1. The zero-order valence-corrected chi connectivity index (χ0v) is 14.7. The molecule has 0 spiro atoms. The van der Waals surface area contributed by atoms with E-state index in [4.69, 9.17) is 4.74 Å². The maximum atomic E-state index is 14.4. The van der Waals surface area contributed by atoms with E-state index in [9.17, 15) is 4.39 Å². The molecule has 0 unspecified atom stereocenters. The smallest absolute Gasteiger partial charge is 0.128 e. The predicted octanol–water partition coefficient (Wildman–Crippen LogP) is 3.95. The highest BCUT2D eigenvalue weighted by Gasteiger charge is 2.24. The van der Waals surface area contributed by atoms with E-state index in [1.807, 2.05) is 12.1 Å². The second-order valence-electron chi connectivity index (χ2n) is 5.76. The van der Waals surface area contributed by atoms with Gasteiger partial charge in [-0.2, -0.15) is 0 Å². The number of halogens is 2. The molecule has 1 aliphatic heterocycles. The standard InChI is InChI=1S/C18H27FN2O.ClH/c1-3-4-5-6-7-18(21-12-10-20-11-13-21)16-14-15(22-2)8-9-17(16)19;/h3,8-9,14,18,20H,1,4-7,10-13H2,2H3;1H/t18-;/m1./s1. The SMILES string of the molecule is C=CCCCC[C@H](c1cc(OC)ccc1F)N1CCNCC1.Cl. The Kier molecular flexibility index (Phi) is 9.22. The highest BCUT2D eigenvalue weighted by Crippen LogP contribution is 2.31. The Morgan fingerprint density at radius 3 is 2.74 bits per heavy atom. The molecule has 3 nitrogen and oxygen atoms in total. The quantitative estimate of drug-likeness (QED) is 0.572. The Morgan fingerprint density at radius 1 is 1.35 bits per heavy atom. The van der Waals surface area contributed by atoms with Gasteiger partial charge in [-0.1, -0.05) is 12.5 Å². The average Bonchev–Trinajstić information content (AvgIpc) is 2.57. The summed E-state index contributed by atoms with van der Waals surface area (Å²) in [6, 6.07) is 5.19. The molecule has 1 aliphatic rings. The minimum atomic E-state index is -0.131. The van der Waals surface area contributed by atoms with Crippen molar-refractivity contribution in [2.45, 2.75) is 31.7 Å². The Balaban J connectivity index is 0.00000264. The largest absolute Gasteiger partial charge is 0.497 e. The van der Waals surface area contributed by atoms with Crippen LogP contribution in [0, 0.1) is 5.82 Å². The van der Waals surface area contributed by atoms with Crippen LogP contribution in [0.1, 0.15) is 37.3 Å². The van der Waals surface area contributed by atoms with Crippen LogP contribution in [0.15, 0.2) is 30.9 Å². The van der Waals surface area contributed by atoms with Gasteiger partial charge in [0.2, 0.25) is 0 Å². The van der Waals surface area contributed by atoms with Gasteiger partial charge in [0.05, 0.1) is 7.11 Å². The van der Waals surface area contributed by atoms with E-state index in [0.29, 0.717) is 0 Å². The van der Waals surface area contributed by atoms with Crippen molar-refractivity contribution in [3.63, 3.8) is 0 Å². The molecule has 0 aromatic heterocycles. The number of ether oxygens (including phenoxy) is 1. The average molecular weight is 343 g/mol. The van der Waals surface area contributed by atoms with Crippen molar-refractivity contribution in [2.24, 2.45) is 0 Å². The summed E-state index contributed by atoms with van der Waals surface area (Å²) >= 11 is 0. The summed E-state index contributed by atoms with van der Waals surface area (Å²) in [4.78, 5) is 2.39. The topological polar surface area (TPSA) is 24.5 Å². The molecule has 1 fully saturated rings. The molecule has 1 N–H and O–H groups in total. The molecule has 23 heavy (non-hydrogen) atoms. The van der Waals surface area contributed by atoms with Crippen LogP contribution < -0.4 is 10.1 Å². The lowest BCUT2D eigenvalue weighted by atomic mass is 9.97. The van der Waals surface area contributed by atoms with Gasteiger partial charge >= 0.3 is 0 Å². The van der Waals surface area contributed by atoms with Crippen LogP contribution in [0.2, 0.25) is 0 Å². The van der Waals surface area contributed by atoms with E-state index in [1.54, 1.807) is 13.2 Å². The molecular formula is C18H28ClFN2O. The van der Waals surface area contributed by atoms with Gasteiger partial charge in [0.25, 0.3) is 0 Å². The molecule has 130 valence electrons. The van der Waals surface area contributed by atoms with Gasteiger partial charge in [0, 0.05) is 37.8 Å². The van der Waals surface area contributed by atoms with Crippen molar-refractivity contribution in [3.8, 4) is 5.75 Å². The second kappa shape index (κ2) is 10.6. The van der Waals surface area contributed by atoms with Crippen molar-refractivity contribution in [3.05, 3.63) is 42.2 Å². The molecule has 1 saturated heterocycles. The number of piperazine rings is 1. The first-order valence-corrected chi connectivity index (χ1v) is 8.15. The summed E-state index contributed by atoms with van der Waals surface area (Å²) in [6.45, 7) is 7.62. The second-order valence-corrected chi connectivity index (χ2v) is 5.76. The summed E-state index contributed by atoms with van der Waals surface area (Å²) in [7, 11) is 1.63. The van der Waals surface area contributed by atoms with E-state index in [0.717, 1.165) is 63.2 Å². The van der Waals surface area contributed by atoms with Gasteiger partial charge < -0.3 is 10.1 Å². The van der Waals surface area contributed by atoms with E-state index in [1.165, 1.54) is 6.07 Å². The molecule has 1 aromatic rings. The van der Waals surface area contributed by atoms with Gasteiger partial charge in [-0.15, -0.1) is 19.0 Å². The van der Waals surface area contributed by atoms with Crippen LogP contribution in [0.4, 0.5) is 4.39 Å². The number of hydrogen-bond acceptors (Lipinski definition) is 3. The molecule has 0 amide bonds. The molecule has 0 radical (unpaired) electrons. The maximum Gasteiger partial charge on any atom is 0.128 e. The number of methoxy groups -OCH3 is 1. The highest BCUT2D eigenvalue weighted by molar-refractivity contribution is 5.85. The van der Waals surface area contributed by atoms with Gasteiger partial charge in [-0.05, 0) is 37.5 Å². The van der Waals surface area contributed by atoms with E-state index in [2.05, 4.69) is 16.8 Å². The van der Waals surface area contributed by atoms with Crippen molar-refractivity contribution in [2.75, 3.05) is 33.3 Å². The zero-order chi connectivity index (χ0) is 15.8. The summed E-state index contributed by atoms with van der Waals surface area (Å²) < 4.78 is 19.7. The fourth-order valence-electron chi connectivity index (χ4n) is 3.06. The summed E-state index contributed by atoms with van der Waals surface area (Å²) in [5, 5.41) is 3.36. The van der Waals surface area contributed by atoms with Crippen LogP contribution >= 0.6 is 12.4 Å². The van der Waals surface area contributed by atoms with E-state index < -0.39 is 0 Å². The van der Waals surface area contributed by atoms with Crippen LogP contribution in [-0.2, 0) is 0 Å². The van der Waals surface area contributed by atoms with Gasteiger partial charge in [0.1, 0.15) is 11.6 Å². The summed E-state index contributed by atoms with van der Waals surface area (Å²) in [5.74, 6) is 0.593. The first kappa shape index (κ1) is 19.9. The Morgan fingerprint density at radius 2 is 2.09 bits per heavy atom. The van der Waals surface area contributed by atoms with Crippen molar-refractivity contribution in [1.82, 2.24) is 10.2 Å². The lowest BCUT2D eigenvalue weighted by Crippen LogP contribution is -2.45. The molecule has 2 rings (SSSR count). The Labute approximate surface area is 145 Å². The monoisotopic (exact) mass is 342 g/mol. The first-order valence-electron chi connectivity index (χ1n) is 8.15. The Hall–Kier alpha value is -1.10. The fourth-order valence-corrected chi connectivity index (χ4v) is 3.06. The molecule has 1 heterocycles. The predicted molar refractivity (Wildman–Crippen MR) is 96.0 cm³/mol. The first-order chi connectivity index (χ1) is 10.8. The van der Waals surface area contributed by atoms with Crippen molar-refractivity contribution >= 4 is 12.4 Å². The minimum absolute atomic E-state index is 0. The molecule has 0 bridgehead atoms. The number of benzene rings is 1. The van der Waals surface area contributed by atoms with E-state index >= 15 is 0 Å². The van der Waals surface area contributed by atoms with Crippen molar-refractivity contribution in [1.29, 1.82) is 0 Å². The number of nitrogens with one attached hydrogen (secondary N) is 1. The lowest BCUT2D eigenvalue weighted by Gasteiger charge is -2.35. The zero-order valence-electron chi connectivity index (χ0n) is 13.9. The molecule has 1 aromatic carbocycles. The summed E-state index contributed by atoms with van der Waals surface area (Å²) in [5.41, 5.74) is 0.764. The van der Waals surface area contributed by atoms with Gasteiger partial charge in [-0.3, -0.25) is 4.90 Å². The molecule has 0 aliphatic carbocycles.